The van der Waals surface area contributed by atoms with Crippen molar-refractivity contribution in [1.29, 1.82) is 0 Å². The van der Waals surface area contributed by atoms with Crippen LogP contribution in [0, 0.1) is 0 Å². The van der Waals surface area contributed by atoms with Gasteiger partial charge in [0.05, 0.1) is 5.54 Å². The van der Waals surface area contributed by atoms with E-state index >= 15 is 0 Å². The molecule has 1 heterocycles. The molecule has 0 fully saturated rings. The number of amides is 1. The average molecular weight is 292 g/mol. The average Bonchev–Trinajstić information content (AvgIpc) is 2.86. The van der Waals surface area contributed by atoms with Crippen molar-refractivity contribution in [2.45, 2.75) is 19.4 Å². The second kappa shape index (κ2) is 5.98. The summed E-state index contributed by atoms with van der Waals surface area (Å²) in [6.45, 7) is 3.58. The molecule has 1 aromatic carbocycles. The van der Waals surface area contributed by atoms with Gasteiger partial charge in [-0.1, -0.05) is 29.5 Å². The molecule has 0 aliphatic heterocycles. The lowest BCUT2D eigenvalue weighted by Gasteiger charge is -2.12. The van der Waals surface area contributed by atoms with Gasteiger partial charge in [0.25, 0.3) is 5.91 Å². The van der Waals surface area contributed by atoms with Crippen LogP contribution in [-0.2, 0) is 10.3 Å². The number of carbonyl (C=O) groups is 1. The summed E-state index contributed by atoms with van der Waals surface area (Å²) in [6.07, 6.45) is 0. The number of aromatic nitrogens is 2. The summed E-state index contributed by atoms with van der Waals surface area (Å²) in [5.74, 6) is 0.357. The van der Waals surface area contributed by atoms with Crippen molar-refractivity contribution in [2.75, 3.05) is 11.9 Å². The molecule has 0 aliphatic carbocycles. The predicted octanol–water partition coefficient (Wildman–Crippen LogP) is 1.75. The Morgan fingerprint density at radius 3 is 2.65 bits per heavy atom. The summed E-state index contributed by atoms with van der Waals surface area (Å²) < 4.78 is 5.33. The number of para-hydroxylation sites is 1. The summed E-state index contributed by atoms with van der Waals surface area (Å²) in [5, 5.41) is 11.5. The van der Waals surface area contributed by atoms with Crippen molar-refractivity contribution >= 4 is 22.4 Å². The van der Waals surface area contributed by atoms with Crippen LogP contribution in [0.4, 0.5) is 5.13 Å². The number of carbonyl (C=O) groups excluding carboxylic acids is 1. The number of nitrogens with one attached hydrogen (secondary N) is 1. The second-order valence-corrected chi connectivity index (χ2v) is 5.76. The fourth-order valence-electron chi connectivity index (χ4n) is 1.36. The summed E-state index contributed by atoms with van der Waals surface area (Å²) in [7, 11) is 0. The third-order valence-electron chi connectivity index (χ3n) is 2.34. The largest absolute Gasteiger partial charge is 0.484 e. The molecule has 1 amide bonds. The number of ether oxygens (including phenoxy) is 1. The van der Waals surface area contributed by atoms with Crippen molar-refractivity contribution in [3.8, 4) is 5.75 Å². The van der Waals surface area contributed by atoms with Gasteiger partial charge in [0.1, 0.15) is 10.8 Å². The normalized spacial score (nSPS) is 11.2. The molecule has 0 saturated heterocycles. The van der Waals surface area contributed by atoms with Crippen LogP contribution in [0.1, 0.15) is 18.9 Å². The minimum absolute atomic E-state index is 0.0784. The Hall–Kier alpha value is -1.99. The van der Waals surface area contributed by atoms with Crippen LogP contribution in [0.3, 0.4) is 0 Å². The summed E-state index contributed by atoms with van der Waals surface area (Å²) >= 11 is 1.26. The summed E-state index contributed by atoms with van der Waals surface area (Å²) in [4.78, 5) is 11.7. The van der Waals surface area contributed by atoms with Gasteiger partial charge in [-0.15, -0.1) is 10.2 Å². The van der Waals surface area contributed by atoms with Crippen LogP contribution in [0.5, 0.6) is 5.75 Å². The number of nitrogens with zero attached hydrogens (tertiary/aromatic N) is 2. The van der Waals surface area contributed by atoms with Gasteiger partial charge in [-0.2, -0.15) is 0 Å². The highest BCUT2D eigenvalue weighted by atomic mass is 32.1. The minimum Gasteiger partial charge on any atom is -0.484 e. The first-order chi connectivity index (χ1) is 9.45. The molecule has 20 heavy (non-hydrogen) atoms. The summed E-state index contributed by atoms with van der Waals surface area (Å²) in [5.41, 5.74) is 5.34. The highest BCUT2D eigenvalue weighted by Crippen LogP contribution is 2.23. The van der Waals surface area contributed by atoms with Gasteiger partial charge in [-0.3, -0.25) is 10.1 Å². The maximum atomic E-state index is 11.7. The van der Waals surface area contributed by atoms with Gasteiger partial charge in [-0.25, -0.2) is 0 Å². The zero-order valence-corrected chi connectivity index (χ0v) is 12.1. The highest BCUT2D eigenvalue weighted by molar-refractivity contribution is 7.15. The fraction of sp³-hybridized carbons (Fsp3) is 0.308. The molecule has 106 valence electrons. The number of hydrogen-bond donors (Lipinski definition) is 2. The molecule has 6 nitrogen and oxygen atoms in total. The molecule has 0 bridgehead atoms. The van der Waals surface area contributed by atoms with Gasteiger partial charge < -0.3 is 10.5 Å². The zero-order chi connectivity index (χ0) is 14.6. The van der Waals surface area contributed by atoms with E-state index in [1.165, 1.54) is 11.3 Å². The van der Waals surface area contributed by atoms with Crippen molar-refractivity contribution in [2.24, 2.45) is 5.73 Å². The summed E-state index contributed by atoms with van der Waals surface area (Å²) in [6, 6.07) is 9.13. The Balaban J connectivity index is 1.87. The predicted molar refractivity (Wildman–Crippen MR) is 77.7 cm³/mol. The van der Waals surface area contributed by atoms with Crippen LogP contribution in [0.15, 0.2) is 30.3 Å². The van der Waals surface area contributed by atoms with Gasteiger partial charge in [0, 0.05) is 0 Å². The van der Waals surface area contributed by atoms with Crippen LogP contribution < -0.4 is 15.8 Å². The zero-order valence-electron chi connectivity index (χ0n) is 11.3. The first kappa shape index (κ1) is 14.4. The van der Waals surface area contributed by atoms with Gasteiger partial charge >= 0.3 is 0 Å². The number of rotatable bonds is 5. The monoisotopic (exact) mass is 292 g/mol. The maximum absolute atomic E-state index is 11.7. The molecule has 2 aromatic rings. The molecule has 0 spiro atoms. The van der Waals surface area contributed by atoms with E-state index < -0.39 is 5.54 Å². The lowest BCUT2D eigenvalue weighted by molar-refractivity contribution is -0.118. The lowest BCUT2D eigenvalue weighted by Crippen LogP contribution is -2.28. The SMILES string of the molecule is CC(C)(N)c1nnc(NC(=O)COc2ccccc2)s1. The molecule has 3 N–H and O–H groups in total. The van der Waals surface area contributed by atoms with Crippen molar-refractivity contribution in [3.05, 3.63) is 35.3 Å². The van der Waals surface area contributed by atoms with Gasteiger partial charge in [-0.05, 0) is 26.0 Å². The van der Waals surface area contributed by atoms with Gasteiger partial charge in [0.2, 0.25) is 5.13 Å². The van der Waals surface area contributed by atoms with Crippen LogP contribution in [-0.4, -0.2) is 22.7 Å². The van der Waals surface area contributed by atoms with Crippen LogP contribution >= 0.6 is 11.3 Å². The third-order valence-corrected chi connectivity index (χ3v) is 3.51. The minimum atomic E-state index is -0.568. The van der Waals surface area contributed by atoms with Crippen molar-refractivity contribution < 1.29 is 9.53 Å². The quantitative estimate of drug-likeness (QED) is 0.876. The Kier molecular flexibility index (Phi) is 4.31. The number of anilines is 1. The molecular weight excluding hydrogens is 276 g/mol. The Morgan fingerprint density at radius 2 is 2.05 bits per heavy atom. The van der Waals surface area contributed by atoms with Gasteiger partial charge in [0.15, 0.2) is 6.61 Å². The van der Waals surface area contributed by atoms with E-state index in [2.05, 4.69) is 15.5 Å². The Labute approximate surface area is 121 Å². The first-order valence-corrected chi connectivity index (χ1v) is 6.87. The van der Waals surface area contributed by atoms with E-state index in [1.54, 1.807) is 12.1 Å². The molecule has 0 unspecified atom stereocenters. The molecule has 1 aromatic heterocycles. The second-order valence-electron chi connectivity index (χ2n) is 4.78. The van der Waals surface area contributed by atoms with Crippen molar-refractivity contribution in [1.82, 2.24) is 10.2 Å². The smallest absolute Gasteiger partial charge is 0.264 e. The number of benzene rings is 1. The lowest BCUT2D eigenvalue weighted by atomic mass is 10.1. The molecule has 2 rings (SSSR count). The standard InChI is InChI=1S/C13H16N4O2S/c1-13(2,14)11-16-17-12(20-11)15-10(18)8-19-9-6-4-3-5-7-9/h3-7H,8,14H2,1-2H3,(H,15,17,18). The van der Waals surface area contributed by atoms with E-state index in [1.807, 2.05) is 32.0 Å². The number of nitrogens with two attached hydrogens (primary N) is 1. The van der Waals surface area contributed by atoms with Crippen LogP contribution in [0.2, 0.25) is 0 Å². The molecule has 0 radical (unpaired) electrons. The van der Waals surface area contributed by atoms with E-state index in [-0.39, 0.29) is 12.5 Å². The highest BCUT2D eigenvalue weighted by Gasteiger charge is 2.20. The van der Waals surface area contributed by atoms with E-state index in [4.69, 9.17) is 10.5 Å². The Morgan fingerprint density at radius 1 is 1.35 bits per heavy atom. The van der Waals surface area contributed by atoms with E-state index in [0.29, 0.717) is 15.9 Å². The van der Waals surface area contributed by atoms with Crippen LogP contribution in [0.25, 0.3) is 0 Å². The number of hydrogen-bond acceptors (Lipinski definition) is 6. The topological polar surface area (TPSA) is 90.1 Å². The maximum Gasteiger partial charge on any atom is 0.264 e. The Bertz CT molecular complexity index is 578. The molecular formula is C13H16N4O2S. The molecule has 7 heteroatoms. The third kappa shape index (κ3) is 4.01. The first-order valence-electron chi connectivity index (χ1n) is 6.06. The molecule has 0 atom stereocenters. The fourth-order valence-corrected chi connectivity index (χ4v) is 2.13. The van der Waals surface area contributed by atoms with E-state index in [9.17, 15) is 4.79 Å². The van der Waals surface area contributed by atoms with Crippen molar-refractivity contribution in [3.63, 3.8) is 0 Å². The molecule has 0 saturated carbocycles. The molecule has 0 aliphatic rings. The van der Waals surface area contributed by atoms with E-state index in [0.717, 1.165) is 0 Å².